The largest absolute Gasteiger partial charge is 0.207 e. The van der Waals surface area contributed by atoms with Crippen LogP contribution in [0.4, 0.5) is 4.39 Å². The molecule has 0 aromatic heterocycles. The molecule has 0 saturated heterocycles. The molecule has 0 spiro atoms. The van der Waals surface area contributed by atoms with Gasteiger partial charge in [0.15, 0.2) is 0 Å². The van der Waals surface area contributed by atoms with Crippen molar-refractivity contribution in [1.29, 1.82) is 0 Å². The van der Waals surface area contributed by atoms with Crippen molar-refractivity contribution in [3.63, 3.8) is 0 Å². The van der Waals surface area contributed by atoms with E-state index in [2.05, 4.69) is 19.1 Å². The third-order valence-electron chi connectivity index (χ3n) is 7.59. The zero-order chi connectivity index (χ0) is 19.6. The molecule has 2 saturated carbocycles. The molecule has 0 nitrogen and oxygen atoms in total. The van der Waals surface area contributed by atoms with E-state index in [4.69, 9.17) is 0 Å². The summed E-state index contributed by atoms with van der Waals surface area (Å²) in [7, 11) is 0. The maximum atomic E-state index is 12.9. The van der Waals surface area contributed by atoms with Crippen molar-refractivity contribution in [2.45, 2.75) is 96.8 Å². The van der Waals surface area contributed by atoms with E-state index in [9.17, 15) is 4.39 Å². The summed E-state index contributed by atoms with van der Waals surface area (Å²) in [5, 5.41) is 0. The molecule has 0 N–H and O–H groups in total. The highest BCUT2D eigenvalue weighted by atomic mass is 19.1. The number of allylic oxidation sites excluding steroid dienone is 1. The number of halogens is 1. The normalized spacial score (nSPS) is 28.6. The second-order valence-corrected chi connectivity index (χ2v) is 9.59. The highest BCUT2D eigenvalue weighted by Gasteiger charge is 2.30. The summed E-state index contributed by atoms with van der Waals surface area (Å²) < 4.78 is 12.9. The Bertz CT molecular complexity index is 556. The van der Waals surface area contributed by atoms with Crippen LogP contribution in [0, 0.1) is 29.5 Å². The van der Waals surface area contributed by atoms with Gasteiger partial charge >= 0.3 is 0 Å². The number of rotatable bonds is 9. The Morgan fingerprint density at radius 3 is 1.93 bits per heavy atom. The molecular formula is C27H41F. The minimum Gasteiger partial charge on any atom is -0.207 e. The highest BCUT2D eigenvalue weighted by Crippen LogP contribution is 2.43. The van der Waals surface area contributed by atoms with Crippen LogP contribution < -0.4 is 0 Å². The lowest BCUT2D eigenvalue weighted by Crippen LogP contribution is -2.25. The number of hydrogen-bond acceptors (Lipinski definition) is 0. The molecule has 3 rings (SSSR count). The summed E-state index contributed by atoms with van der Waals surface area (Å²) in [5.74, 6) is 3.90. The van der Waals surface area contributed by atoms with Gasteiger partial charge in [0, 0.05) is 0 Å². The van der Waals surface area contributed by atoms with Gasteiger partial charge < -0.3 is 0 Å². The minimum absolute atomic E-state index is 0.154. The van der Waals surface area contributed by atoms with Gasteiger partial charge in [-0.25, -0.2) is 4.39 Å². The summed E-state index contributed by atoms with van der Waals surface area (Å²) in [5.41, 5.74) is 1.11. The summed E-state index contributed by atoms with van der Waals surface area (Å²) in [6, 6.07) is 6.80. The van der Waals surface area contributed by atoms with Crippen molar-refractivity contribution >= 4 is 6.08 Å². The molecule has 0 heterocycles. The van der Waals surface area contributed by atoms with Crippen molar-refractivity contribution in [1.82, 2.24) is 0 Å². The van der Waals surface area contributed by atoms with Crippen LogP contribution in [0.3, 0.4) is 0 Å². The van der Waals surface area contributed by atoms with Crippen LogP contribution in [0.1, 0.15) is 102 Å². The van der Waals surface area contributed by atoms with E-state index in [1.165, 1.54) is 83.5 Å². The Hall–Kier alpha value is -1.11. The quantitative estimate of drug-likeness (QED) is 0.373. The predicted octanol–water partition coefficient (Wildman–Crippen LogP) is 8.81. The molecule has 0 atom stereocenters. The zero-order valence-corrected chi connectivity index (χ0v) is 18.1. The summed E-state index contributed by atoms with van der Waals surface area (Å²) in [6.07, 6.45) is 24.6. The lowest BCUT2D eigenvalue weighted by atomic mass is 9.68. The van der Waals surface area contributed by atoms with Crippen molar-refractivity contribution < 1.29 is 4.39 Å². The van der Waals surface area contributed by atoms with Crippen LogP contribution in [-0.2, 0) is 0 Å². The lowest BCUT2D eigenvalue weighted by molar-refractivity contribution is 0.140. The van der Waals surface area contributed by atoms with Crippen molar-refractivity contribution in [3.8, 4) is 0 Å². The molecular weight excluding hydrogens is 343 g/mol. The molecule has 28 heavy (non-hydrogen) atoms. The van der Waals surface area contributed by atoms with Gasteiger partial charge in [0.2, 0.25) is 0 Å². The second kappa shape index (κ2) is 11.8. The predicted molar refractivity (Wildman–Crippen MR) is 120 cm³/mol. The summed E-state index contributed by atoms with van der Waals surface area (Å²) in [4.78, 5) is 0. The van der Waals surface area contributed by atoms with Crippen LogP contribution in [-0.4, -0.2) is 0 Å². The van der Waals surface area contributed by atoms with E-state index >= 15 is 0 Å². The van der Waals surface area contributed by atoms with Gasteiger partial charge in [-0.05, 0) is 79.9 Å². The molecule has 0 unspecified atom stereocenters. The Kier molecular flexibility index (Phi) is 9.09. The Balaban J connectivity index is 1.29. The Labute approximate surface area is 173 Å². The molecule has 1 aromatic rings. The Morgan fingerprint density at radius 1 is 0.786 bits per heavy atom. The standard InChI is InChI=1S/C27H41F/c1-2-3-4-7-22-10-16-25(17-11-22)26-18-12-23(13-19-26)8-5-6-9-24-14-20-27(28)21-15-24/h6,9,14-15,20-23,25-26H,2-5,7-8,10-13,16-19H2,1H3. The van der Waals surface area contributed by atoms with E-state index in [1.807, 2.05) is 12.1 Å². The van der Waals surface area contributed by atoms with Gasteiger partial charge in [-0.1, -0.05) is 82.6 Å². The first-order chi connectivity index (χ1) is 13.7. The maximum absolute atomic E-state index is 12.9. The smallest absolute Gasteiger partial charge is 0.123 e. The topological polar surface area (TPSA) is 0 Å². The van der Waals surface area contributed by atoms with Gasteiger partial charge in [-0.3, -0.25) is 0 Å². The molecule has 0 aliphatic heterocycles. The zero-order valence-electron chi connectivity index (χ0n) is 18.1. The minimum atomic E-state index is -0.154. The first-order valence-electron chi connectivity index (χ1n) is 12.2. The Morgan fingerprint density at radius 2 is 1.36 bits per heavy atom. The molecule has 1 aromatic carbocycles. The van der Waals surface area contributed by atoms with E-state index in [0.29, 0.717) is 0 Å². The summed E-state index contributed by atoms with van der Waals surface area (Å²) in [6.45, 7) is 2.31. The molecule has 2 aliphatic rings. The fourth-order valence-electron chi connectivity index (χ4n) is 5.70. The number of benzene rings is 1. The summed E-state index contributed by atoms with van der Waals surface area (Å²) >= 11 is 0. The van der Waals surface area contributed by atoms with Crippen LogP contribution >= 0.6 is 0 Å². The fourth-order valence-corrected chi connectivity index (χ4v) is 5.70. The molecule has 0 bridgehead atoms. The van der Waals surface area contributed by atoms with Crippen LogP contribution in [0.5, 0.6) is 0 Å². The third-order valence-corrected chi connectivity index (χ3v) is 7.59. The first-order valence-corrected chi connectivity index (χ1v) is 12.2. The molecule has 1 heteroatoms. The van der Waals surface area contributed by atoms with Crippen LogP contribution in [0.25, 0.3) is 6.08 Å². The number of hydrogen-bond donors (Lipinski definition) is 0. The molecule has 2 fully saturated rings. The SMILES string of the molecule is CCCCCC1CCC(C2CCC(CCC=Cc3ccc(F)cc3)CC2)CC1. The molecule has 0 radical (unpaired) electrons. The highest BCUT2D eigenvalue weighted by molar-refractivity contribution is 5.48. The van der Waals surface area contributed by atoms with Gasteiger partial charge in [0.25, 0.3) is 0 Å². The molecule has 2 aliphatic carbocycles. The van der Waals surface area contributed by atoms with E-state index in [1.54, 1.807) is 12.1 Å². The molecule has 156 valence electrons. The van der Waals surface area contributed by atoms with Crippen LogP contribution in [0.15, 0.2) is 30.3 Å². The van der Waals surface area contributed by atoms with E-state index in [0.717, 1.165) is 35.7 Å². The number of unbranched alkanes of at least 4 members (excludes halogenated alkanes) is 2. The van der Waals surface area contributed by atoms with Gasteiger partial charge in [-0.2, -0.15) is 0 Å². The van der Waals surface area contributed by atoms with Crippen LogP contribution in [0.2, 0.25) is 0 Å². The van der Waals surface area contributed by atoms with Crippen molar-refractivity contribution in [2.75, 3.05) is 0 Å². The lowest BCUT2D eigenvalue weighted by Gasteiger charge is -2.38. The van der Waals surface area contributed by atoms with E-state index in [-0.39, 0.29) is 5.82 Å². The fraction of sp³-hybridized carbons (Fsp3) is 0.704. The average Bonchev–Trinajstić information content (AvgIpc) is 2.74. The second-order valence-electron chi connectivity index (χ2n) is 9.59. The van der Waals surface area contributed by atoms with Gasteiger partial charge in [-0.15, -0.1) is 0 Å². The van der Waals surface area contributed by atoms with E-state index < -0.39 is 0 Å². The van der Waals surface area contributed by atoms with Crippen molar-refractivity contribution in [2.24, 2.45) is 23.7 Å². The monoisotopic (exact) mass is 384 g/mol. The molecule has 0 amide bonds. The first kappa shape index (κ1) is 21.6. The maximum Gasteiger partial charge on any atom is 0.123 e. The average molecular weight is 385 g/mol. The van der Waals surface area contributed by atoms with Gasteiger partial charge in [0.05, 0.1) is 0 Å². The van der Waals surface area contributed by atoms with Crippen molar-refractivity contribution in [3.05, 3.63) is 41.7 Å². The third kappa shape index (κ3) is 7.05. The van der Waals surface area contributed by atoms with Gasteiger partial charge in [0.1, 0.15) is 5.82 Å².